The van der Waals surface area contributed by atoms with E-state index < -0.39 is 0 Å². The molecule has 0 bridgehead atoms. The molecule has 21 heavy (non-hydrogen) atoms. The van der Waals surface area contributed by atoms with Gasteiger partial charge in [0.05, 0.1) is 12.1 Å². The first-order valence-electron chi connectivity index (χ1n) is 6.62. The number of nitrogens with zero attached hydrogens (tertiary/aromatic N) is 1. The molecule has 4 heteroatoms. The summed E-state index contributed by atoms with van der Waals surface area (Å²) < 4.78 is 0. The minimum atomic E-state index is -0.316. The molecule has 104 valence electrons. The SMILES string of the molecule is C=C1CC(=O)N(c2ccc(Nc3ccccc3)cc2)C1=O. The van der Waals surface area contributed by atoms with E-state index in [4.69, 9.17) is 0 Å². The van der Waals surface area contributed by atoms with Crippen molar-refractivity contribution >= 4 is 28.9 Å². The maximum atomic E-state index is 11.9. The van der Waals surface area contributed by atoms with Crippen LogP contribution in [-0.4, -0.2) is 11.8 Å². The third-order valence-electron chi connectivity index (χ3n) is 3.31. The maximum absolute atomic E-state index is 11.9. The van der Waals surface area contributed by atoms with Crippen LogP contribution in [0, 0.1) is 0 Å². The number of rotatable bonds is 3. The molecule has 0 saturated carbocycles. The predicted octanol–water partition coefficient (Wildman–Crippen LogP) is 3.25. The molecule has 1 heterocycles. The Morgan fingerprint density at radius 2 is 1.52 bits per heavy atom. The Bertz CT molecular complexity index is 705. The number of carbonyl (C=O) groups is 2. The van der Waals surface area contributed by atoms with Gasteiger partial charge >= 0.3 is 0 Å². The van der Waals surface area contributed by atoms with Crippen LogP contribution in [0.5, 0.6) is 0 Å². The van der Waals surface area contributed by atoms with Crippen LogP contribution < -0.4 is 10.2 Å². The lowest BCUT2D eigenvalue weighted by Gasteiger charge is -2.14. The lowest BCUT2D eigenvalue weighted by molar-refractivity contribution is -0.120. The van der Waals surface area contributed by atoms with Gasteiger partial charge in [-0.05, 0) is 36.4 Å². The molecule has 1 aliphatic heterocycles. The van der Waals surface area contributed by atoms with Crippen LogP contribution in [0.3, 0.4) is 0 Å². The molecule has 0 aliphatic carbocycles. The molecular formula is C17H14N2O2. The Balaban J connectivity index is 1.80. The Labute approximate surface area is 122 Å². The predicted molar refractivity (Wildman–Crippen MR) is 82.4 cm³/mol. The van der Waals surface area contributed by atoms with Crippen molar-refractivity contribution in [3.05, 3.63) is 66.7 Å². The zero-order valence-electron chi connectivity index (χ0n) is 11.4. The van der Waals surface area contributed by atoms with Crippen molar-refractivity contribution in [1.82, 2.24) is 0 Å². The first-order chi connectivity index (χ1) is 10.1. The average Bonchev–Trinajstić information content (AvgIpc) is 2.74. The van der Waals surface area contributed by atoms with Crippen molar-refractivity contribution < 1.29 is 9.59 Å². The summed E-state index contributed by atoms with van der Waals surface area (Å²) in [6.07, 6.45) is 0.100. The highest BCUT2D eigenvalue weighted by Crippen LogP contribution is 2.27. The standard InChI is InChI=1S/C17H14N2O2/c1-12-11-16(20)19(17(12)21)15-9-7-14(8-10-15)18-13-5-3-2-4-6-13/h2-10,18H,1,11H2. The van der Waals surface area contributed by atoms with Gasteiger partial charge in [0.15, 0.2) is 0 Å². The lowest BCUT2D eigenvalue weighted by Crippen LogP contribution is -2.28. The minimum absolute atomic E-state index is 0.100. The van der Waals surface area contributed by atoms with Gasteiger partial charge < -0.3 is 5.32 Å². The van der Waals surface area contributed by atoms with Crippen LogP contribution in [0.2, 0.25) is 0 Å². The van der Waals surface area contributed by atoms with Gasteiger partial charge in [-0.25, -0.2) is 4.90 Å². The molecule has 3 rings (SSSR count). The highest BCUT2D eigenvalue weighted by Gasteiger charge is 2.33. The number of nitrogens with one attached hydrogen (secondary N) is 1. The number of amides is 2. The van der Waals surface area contributed by atoms with Crippen molar-refractivity contribution in [2.75, 3.05) is 10.2 Å². The summed E-state index contributed by atoms with van der Waals surface area (Å²) in [4.78, 5) is 24.9. The van der Waals surface area contributed by atoms with E-state index in [1.165, 1.54) is 4.90 Å². The van der Waals surface area contributed by atoms with E-state index >= 15 is 0 Å². The van der Waals surface area contributed by atoms with Crippen molar-refractivity contribution in [2.24, 2.45) is 0 Å². The minimum Gasteiger partial charge on any atom is -0.356 e. The molecule has 1 saturated heterocycles. The van der Waals surface area contributed by atoms with E-state index in [0.29, 0.717) is 11.3 Å². The van der Waals surface area contributed by atoms with Crippen LogP contribution in [0.4, 0.5) is 17.1 Å². The van der Waals surface area contributed by atoms with Crippen LogP contribution in [-0.2, 0) is 9.59 Å². The second kappa shape index (κ2) is 5.25. The number of benzene rings is 2. The average molecular weight is 278 g/mol. The summed E-state index contributed by atoms with van der Waals surface area (Å²) >= 11 is 0. The van der Waals surface area contributed by atoms with Gasteiger partial charge in [0.2, 0.25) is 5.91 Å². The summed E-state index contributed by atoms with van der Waals surface area (Å²) in [5, 5.41) is 3.25. The first-order valence-corrected chi connectivity index (χ1v) is 6.62. The molecular weight excluding hydrogens is 264 g/mol. The van der Waals surface area contributed by atoms with Crippen molar-refractivity contribution in [1.29, 1.82) is 0 Å². The van der Waals surface area contributed by atoms with Crippen molar-refractivity contribution in [2.45, 2.75) is 6.42 Å². The zero-order valence-corrected chi connectivity index (χ0v) is 11.4. The fourth-order valence-electron chi connectivity index (χ4n) is 2.25. The third kappa shape index (κ3) is 2.56. The molecule has 0 atom stereocenters. The first kappa shape index (κ1) is 13.1. The molecule has 0 radical (unpaired) electrons. The van der Waals surface area contributed by atoms with Crippen LogP contribution in [0.25, 0.3) is 0 Å². The highest BCUT2D eigenvalue weighted by molar-refractivity contribution is 6.27. The Morgan fingerprint density at radius 1 is 0.905 bits per heavy atom. The van der Waals surface area contributed by atoms with Gasteiger partial charge in [-0.15, -0.1) is 0 Å². The van der Waals surface area contributed by atoms with E-state index in [1.54, 1.807) is 12.1 Å². The molecule has 1 fully saturated rings. The Hall–Kier alpha value is -2.88. The highest BCUT2D eigenvalue weighted by atomic mass is 16.2. The zero-order chi connectivity index (χ0) is 14.8. The monoisotopic (exact) mass is 278 g/mol. The van der Waals surface area contributed by atoms with E-state index in [9.17, 15) is 9.59 Å². The second-order valence-electron chi connectivity index (χ2n) is 4.85. The Kier molecular flexibility index (Phi) is 3.28. The molecule has 0 unspecified atom stereocenters. The largest absolute Gasteiger partial charge is 0.356 e. The summed E-state index contributed by atoms with van der Waals surface area (Å²) in [7, 11) is 0. The van der Waals surface area contributed by atoms with Gasteiger partial charge in [0.25, 0.3) is 5.91 Å². The fourth-order valence-corrected chi connectivity index (χ4v) is 2.25. The molecule has 1 aliphatic rings. The maximum Gasteiger partial charge on any atom is 0.260 e. The van der Waals surface area contributed by atoms with Crippen LogP contribution in [0.1, 0.15) is 6.42 Å². The number of hydrogen-bond donors (Lipinski definition) is 1. The number of para-hydroxylation sites is 1. The molecule has 2 aromatic carbocycles. The van der Waals surface area contributed by atoms with Crippen LogP contribution in [0.15, 0.2) is 66.7 Å². The van der Waals surface area contributed by atoms with E-state index in [2.05, 4.69) is 11.9 Å². The van der Waals surface area contributed by atoms with E-state index in [1.807, 2.05) is 42.5 Å². The smallest absolute Gasteiger partial charge is 0.260 e. The second-order valence-corrected chi connectivity index (χ2v) is 4.85. The van der Waals surface area contributed by atoms with Gasteiger partial charge in [0, 0.05) is 16.9 Å². The Morgan fingerprint density at radius 3 is 2.10 bits per heavy atom. The molecule has 1 N–H and O–H groups in total. The normalized spacial score (nSPS) is 14.7. The van der Waals surface area contributed by atoms with E-state index in [0.717, 1.165) is 11.4 Å². The number of anilines is 3. The molecule has 2 amide bonds. The van der Waals surface area contributed by atoms with Crippen LogP contribution >= 0.6 is 0 Å². The quantitative estimate of drug-likeness (QED) is 0.692. The van der Waals surface area contributed by atoms with Gasteiger partial charge in [0.1, 0.15) is 0 Å². The summed E-state index contributed by atoms with van der Waals surface area (Å²) in [6.45, 7) is 3.61. The summed E-state index contributed by atoms with van der Waals surface area (Å²) in [6, 6.07) is 16.9. The summed E-state index contributed by atoms with van der Waals surface area (Å²) in [5.41, 5.74) is 2.78. The topological polar surface area (TPSA) is 49.4 Å². The molecule has 4 nitrogen and oxygen atoms in total. The summed E-state index contributed by atoms with van der Waals surface area (Å²) in [5.74, 6) is -0.544. The number of carbonyl (C=O) groups excluding carboxylic acids is 2. The van der Waals surface area contributed by atoms with E-state index in [-0.39, 0.29) is 18.2 Å². The van der Waals surface area contributed by atoms with Gasteiger partial charge in [-0.3, -0.25) is 9.59 Å². The van der Waals surface area contributed by atoms with Gasteiger partial charge in [-0.2, -0.15) is 0 Å². The fraction of sp³-hybridized carbons (Fsp3) is 0.0588. The van der Waals surface area contributed by atoms with Crippen molar-refractivity contribution in [3.63, 3.8) is 0 Å². The molecule has 0 spiro atoms. The lowest BCUT2D eigenvalue weighted by atomic mass is 10.2. The number of imide groups is 1. The van der Waals surface area contributed by atoms with Crippen molar-refractivity contribution in [3.8, 4) is 0 Å². The third-order valence-corrected chi connectivity index (χ3v) is 3.31. The molecule has 2 aromatic rings. The van der Waals surface area contributed by atoms with Gasteiger partial charge in [-0.1, -0.05) is 24.8 Å². The molecule has 0 aromatic heterocycles. The number of hydrogen-bond acceptors (Lipinski definition) is 3.